The number of sulfonamides is 1. The Morgan fingerprint density at radius 2 is 1.43 bits per heavy atom. The van der Waals surface area contributed by atoms with Crippen LogP contribution in [0.5, 0.6) is 0 Å². The van der Waals surface area contributed by atoms with Crippen LogP contribution in [0.25, 0.3) is 21.3 Å². The fourth-order valence-electron chi connectivity index (χ4n) is 5.80. The van der Waals surface area contributed by atoms with E-state index in [1.807, 2.05) is 0 Å². The molecule has 3 N–H and O–H groups in total. The first-order chi connectivity index (χ1) is 23.1. The number of carbonyl (C=O) groups is 1. The number of benzene rings is 2. The highest BCUT2D eigenvalue weighted by atomic mass is 32.2. The highest BCUT2D eigenvalue weighted by Gasteiger charge is 2.54. The number of sulfone groups is 1. The van der Waals surface area contributed by atoms with Gasteiger partial charge in [0.15, 0.2) is 9.84 Å². The van der Waals surface area contributed by atoms with Gasteiger partial charge in [-0.1, -0.05) is 108 Å². The van der Waals surface area contributed by atoms with Crippen LogP contribution in [0.2, 0.25) is 0 Å². The number of hydrogen-bond donors (Lipinski definition) is 2. The van der Waals surface area contributed by atoms with Gasteiger partial charge in [-0.15, -0.1) is 11.3 Å². The van der Waals surface area contributed by atoms with Crippen LogP contribution >= 0.6 is 11.3 Å². The zero-order valence-corrected chi connectivity index (χ0v) is 30.3. The average Bonchev–Trinajstić information content (AvgIpc) is 3.45. The zero-order valence-electron chi connectivity index (χ0n) is 27.9. The number of nitrogens with two attached hydrogens (primary N) is 1. The van der Waals surface area contributed by atoms with Crippen LogP contribution in [-0.2, 0) is 29.4 Å². The van der Waals surface area contributed by atoms with Crippen molar-refractivity contribution in [2.75, 3.05) is 18.1 Å². The lowest BCUT2D eigenvalue weighted by molar-refractivity contribution is -0.130. The maximum Gasteiger partial charge on any atom is 0.390 e. The molecule has 0 radical (unpaired) electrons. The van der Waals surface area contributed by atoms with Crippen molar-refractivity contribution >= 4 is 47.3 Å². The topological polar surface area (TPSA) is 136 Å². The molecule has 15 heteroatoms. The molecular formula is C34H47F4N3O5S3. The fourth-order valence-corrected chi connectivity index (χ4v) is 9.78. The van der Waals surface area contributed by atoms with E-state index in [0.717, 1.165) is 43.4 Å². The van der Waals surface area contributed by atoms with Crippen molar-refractivity contribution in [1.29, 1.82) is 0 Å². The van der Waals surface area contributed by atoms with E-state index in [1.165, 1.54) is 50.3 Å². The molecule has 1 amide bonds. The summed E-state index contributed by atoms with van der Waals surface area (Å²) < 4.78 is 104. The van der Waals surface area contributed by atoms with E-state index in [2.05, 4.69) is 17.2 Å². The van der Waals surface area contributed by atoms with Crippen LogP contribution in [0, 0.1) is 5.82 Å². The van der Waals surface area contributed by atoms with Crippen molar-refractivity contribution in [3.05, 3.63) is 53.3 Å². The van der Waals surface area contributed by atoms with Gasteiger partial charge >= 0.3 is 6.18 Å². The number of primary sulfonamides is 1. The standard InChI is InChI=1S/C34H47F4N3O5S3/c1-2-3-4-5-6-7-8-9-10-11-12-15-20-33(31(42)40-22-24-49(39,45)46,48(43,44)23-21-34(36,37)38)32-41-29-19-18-26(25-30(29)47-32)27-16-13-14-17-28(27)35/h13-14,16-19,25H,2-12,15,20-24H2,1H3,(H,40,42)(H2,39,45,46). The quantitative estimate of drug-likeness (QED) is 0.0786. The van der Waals surface area contributed by atoms with E-state index < -0.39 is 67.0 Å². The van der Waals surface area contributed by atoms with E-state index in [-0.39, 0.29) is 28.9 Å². The first-order valence-corrected chi connectivity index (χ1v) is 21.0. The number of fused-ring (bicyclic) bond motifs is 1. The zero-order chi connectivity index (χ0) is 36.1. The highest BCUT2D eigenvalue weighted by Crippen LogP contribution is 2.43. The Morgan fingerprint density at radius 1 is 0.837 bits per heavy atom. The number of amides is 1. The first kappa shape index (κ1) is 40.8. The van der Waals surface area contributed by atoms with Gasteiger partial charge in [0.05, 0.1) is 28.1 Å². The molecule has 1 unspecified atom stereocenters. The molecular weight excluding hydrogens is 703 g/mol. The molecule has 49 heavy (non-hydrogen) atoms. The van der Waals surface area contributed by atoms with Crippen LogP contribution in [0.3, 0.4) is 0 Å². The Balaban J connectivity index is 1.93. The third kappa shape index (κ3) is 12.3. The molecule has 0 saturated carbocycles. The minimum Gasteiger partial charge on any atom is -0.353 e. The molecule has 0 fully saturated rings. The molecule has 0 bridgehead atoms. The summed E-state index contributed by atoms with van der Waals surface area (Å²) in [5, 5.41) is 7.16. The van der Waals surface area contributed by atoms with Crippen LogP contribution in [-0.4, -0.2) is 52.0 Å². The predicted octanol–water partition coefficient (Wildman–Crippen LogP) is 8.16. The average molecular weight is 750 g/mol. The minimum atomic E-state index is -4.89. The van der Waals surface area contributed by atoms with Crippen molar-refractivity contribution < 1.29 is 39.2 Å². The van der Waals surface area contributed by atoms with E-state index in [9.17, 15) is 39.2 Å². The molecule has 0 saturated heterocycles. The van der Waals surface area contributed by atoms with E-state index >= 15 is 0 Å². The van der Waals surface area contributed by atoms with Crippen molar-refractivity contribution in [2.24, 2.45) is 5.14 Å². The second kappa shape index (κ2) is 18.6. The Kier molecular flexibility index (Phi) is 15.5. The number of halogens is 4. The number of nitrogens with one attached hydrogen (secondary N) is 1. The van der Waals surface area contributed by atoms with Gasteiger partial charge < -0.3 is 5.32 Å². The summed E-state index contributed by atoms with van der Waals surface area (Å²) in [5.74, 6) is -3.72. The molecule has 1 aromatic heterocycles. The second-order valence-electron chi connectivity index (χ2n) is 12.5. The van der Waals surface area contributed by atoms with Gasteiger partial charge in [0.1, 0.15) is 10.8 Å². The number of thiazole rings is 1. The summed E-state index contributed by atoms with van der Waals surface area (Å²) >= 11 is 0.833. The Labute approximate surface area is 291 Å². The Morgan fingerprint density at radius 3 is 2.00 bits per heavy atom. The number of unbranched alkanes of at least 4 members (excludes halogenated alkanes) is 11. The molecule has 2 aromatic carbocycles. The number of carbonyl (C=O) groups excluding carboxylic acids is 1. The van der Waals surface area contributed by atoms with Gasteiger partial charge in [-0.25, -0.2) is 31.3 Å². The second-order valence-corrected chi connectivity index (χ2v) is 17.6. The number of nitrogens with zero attached hydrogens (tertiary/aromatic N) is 1. The lowest BCUT2D eigenvalue weighted by Crippen LogP contribution is -2.52. The molecule has 3 aromatic rings. The van der Waals surface area contributed by atoms with Gasteiger partial charge in [0, 0.05) is 12.1 Å². The lowest BCUT2D eigenvalue weighted by atomic mass is 9.98. The summed E-state index contributed by atoms with van der Waals surface area (Å²) in [5.41, 5.74) is 1.02. The SMILES string of the molecule is CCCCCCCCCCCCCCC(C(=O)NCCS(N)(=O)=O)(c1nc2ccc(-c3ccccc3F)cc2s1)S(=O)(=O)CCC(F)(F)F. The summed E-state index contributed by atoms with van der Waals surface area (Å²) in [4.78, 5) is 18.4. The molecule has 3 rings (SSSR count). The molecule has 1 atom stereocenters. The normalized spacial score (nSPS) is 13.8. The van der Waals surface area contributed by atoms with E-state index in [0.29, 0.717) is 16.7 Å². The number of alkyl halides is 3. The third-order valence-electron chi connectivity index (χ3n) is 8.53. The Hall–Kier alpha value is -2.62. The summed E-state index contributed by atoms with van der Waals surface area (Å²) in [7, 11) is -8.94. The fraction of sp³-hybridized carbons (Fsp3) is 0.588. The molecule has 1 heterocycles. The number of hydrogen-bond acceptors (Lipinski definition) is 7. The maximum atomic E-state index is 14.6. The maximum absolute atomic E-state index is 14.6. The minimum absolute atomic E-state index is 0.196. The third-order valence-corrected chi connectivity index (χ3v) is 13.0. The molecule has 0 spiro atoms. The summed E-state index contributed by atoms with van der Waals surface area (Å²) in [6.07, 6.45) is 4.79. The molecule has 0 aliphatic carbocycles. The number of aromatic nitrogens is 1. The van der Waals surface area contributed by atoms with Crippen molar-refractivity contribution in [3.8, 4) is 11.1 Å². The van der Waals surface area contributed by atoms with Crippen molar-refractivity contribution in [3.63, 3.8) is 0 Å². The van der Waals surface area contributed by atoms with E-state index in [1.54, 1.807) is 24.3 Å². The van der Waals surface area contributed by atoms with Crippen molar-refractivity contribution in [2.45, 2.75) is 108 Å². The van der Waals surface area contributed by atoms with Gasteiger partial charge in [-0.2, -0.15) is 13.2 Å². The van der Waals surface area contributed by atoms with Crippen molar-refractivity contribution in [1.82, 2.24) is 10.3 Å². The summed E-state index contributed by atoms with van der Waals surface area (Å²) in [6, 6.07) is 10.7. The highest BCUT2D eigenvalue weighted by molar-refractivity contribution is 7.93. The molecule has 8 nitrogen and oxygen atoms in total. The van der Waals surface area contributed by atoms with Gasteiger partial charge in [0.25, 0.3) is 0 Å². The lowest BCUT2D eigenvalue weighted by Gasteiger charge is -2.30. The van der Waals surface area contributed by atoms with Gasteiger partial charge in [0.2, 0.25) is 20.7 Å². The van der Waals surface area contributed by atoms with Crippen LogP contribution in [0.4, 0.5) is 17.6 Å². The largest absolute Gasteiger partial charge is 0.390 e. The smallest absolute Gasteiger partial charge is 0.353 e. The van der Waals surface area contributed by atoms with Crippen LogP contribution in [0.15, 0.2) is 42.5 Å². The monoisotopic (exact) mass is 749 g/mol. The van der Waals surface area contributed by atoms with Crippen LogP contribution < -0.4 is 10.5 Å². The van der Waals surface area contributed by atoms with Gasteiger partial charge in [-0.3, -0.25) is 4.79 Å². The van der Waals surface area contributed by atoms with Crippen LogP contribution in [0.1, 0.15) is 102 Å². The van der Waals surface area contributed by atoms with E-state index in [4.69, 9.17) is 5.14 Å². The Bertz CT molecular complexity index is 1730. The summed E-state index contributed by atoms with van der Waals surface area (Å²) in [6.45, 7) is 1.63. The molecule has 0 aliphatic heterocycles. The first-order valence-electron chi connectivity index (χ1n) is 16.8. The predicted molar refractivity (Wildman–Crippen MR) is 188 cm³/mol. The van der Waals surface area contributed by atoms with Gasteiger partial charge in [-0.05, 0) is 30.2 Å². The number of rotatable bonds is 22. The molecule has 0 aliphatic rings. The molecule has 274 valence electrons.